The van der Waals surface area contributed by atoms with Gasteiger partial charge in [-0.2, -0.15) is 5.48 Å². The Hall–Kier alpha value is -3.46. The molecule has 0 aliphatic carbocycles. The van der Waals surface area contributed by atoms with Crippen LogP contribution in [-0.4, -0.2) is 23.2 Å². The molecule has 4 rings (SSSR count). The van der Waals surface area contributed by atoms with E-state index < -0.39 is 17.6 Å². The number of aromatic carboxylic acids is 1. The maximum Gasteiger partial charge on any atom is 0.336 e. The molecular formula is C23H17F2N2O3S+. The van der Waals surface area contributed by atoms with Crippen molar-refractivity contribution in [2.24, 2.45) is 0 Å². The van der Waals surface area contributed by atoms with Crippen molar-refractivity contribution in [3.8, 4) is 33.0 Å². The summed E-state index contributed by atoms with van der Waals surface area (Å²) in [6, 6.07) is 15.6. The van der Waals surface area contributed by atoms with Gasteiger partial charge < -0.3 is 5.11 Å². The largest absolute Gasteiger partial charge is 0.478 e. The smallest absolute Gasteiger partial charge is 0.336 e. The molecule has 0 atom stereocenters. The van der Waals surface area contributed by atoms with E-state index in [2.05, 4.69) is 4.98 Å². The lowest BCUT2D eigenvalue weighted by Gasteiger charge is -2.10. The van der Waals surface area contributed by atoms with E-state index in [-0.39, 0.29) is 5.56 Å². The Morgan fingerprint density at radius 2 is 1.74 bits per heavy atom. The lowest BCUT2D eigenvalue weighted by Crippen LogP contribution is -2.76. The number of carboxylic acid groups (broad SMARTS) is 1. The van der Waals surface area contributed by atoms with Gasteiger partial charge in [-0.25, -0.2) is 23.4 Å². The van der Waals surface area contributed by atoms with Crippen LogP contribution in [0.4, 0.5) is 14.5 Å². The highest BCUT2D eigenvalue weighted by Gasteiger charge is 2.19. The second-order valence-electron chi connectivity index (χ2n) is 6.70. The molecule has 0 unspecified atom stereocenters. The highest BCUT2D eigenvalue weighted by atomic mass is 32.1. The summed E-state index contributed by atoms with van der Waals surface area (Å²) in [6.45, 7) is 0. The van der Waals surface area contributed by atoms with Gasteiger partial charge in [0.2, 0.25) is 0 Å². The standard InChI is InChI=1S/C23H16F2N2O3S/c1-30-27-20-5-3-2-4-18(20)17-7-6-13(10-19(17)23(28)29)22-26-21(12-31-22)14-8-15(24)11-16(25)9-14/h2-12,27H,1H3,(H,28,29)/p+1. The van der Waals surface area contributed by atoms with Gasteiger partial charge in [0.15, 0.2) is 5.69 Å². The van der Waals surface area contributed by atoms with Crippen LogP contribution in [0.5, 0.6) is 0 Å². The topological polar surface area (TPSA) is 76.0 Å². The molecule has 1 aromatic heterocycles. The summed E-state index contributed by atoms with van der Waals surface area (Å²) in [5.41, 5.74) is 5.03. The van der Waals surface area contributed by atoms with Gasteiger partial charge in [0.05, 0.1) is 18.4 Å². The predicted molar refractivity (Wildman–Crippen MR) is 114 cm³/mol. The lowest BCUT2D eigenvalue weighted by atomic mass is 9.96. The van der Waals surface area contributed by atoms with Gasteiger partial charge in [-0.1, -0.05) is 24.3 Å². The van der Waals surface area contributed by atoms with E-state index >= 15 is 0 Å². The van der Waals surface area contributed by atoms with E-state index in [9.17, 15) is 18.7 Å². The van der Waals surface area contributed by atoms with E-state index in [1.54, 1.807) is 29.1 Å². The van der Waals surface area contributed by atoms with E-state index in [0.29, 0.717) is 27.4 Å². The number of benzene rings is 3. The van der Waals surface area contributed by atoms with Crippen molar-refractivity contribution in [2.45, 2.75) is 0 Å². The molecule has 0 fully saturated rings. The van der Waals surface area contributed by atoms with E-state index in [1.165, 1.54) is 30.6 Å². The fourth-order valence-electron chi connectivity index (χ4n) is 3.30. The van der Waals surface area contributed by atoms with Crippen LogP contribution >= 0.6 is 11.3 Å². The zero-order valence-electron chi connectivity index (χ0n) is 16.3. The lowest BCUT2D eigenvalue weighted by molar-refractivity contribution is -0.829. The molecule has 0 spiro atoms. The van der Waals surface area contributed by atoms with Gasteiger partial charge in [-0.3, -0.25) is 0 Å². The third kappa shape index (κ3) is 4.36. The van der Waals surface area contributed by atoms with Crippen LogP contribution < -0.4 is 5.48 Å². The van der Waals surface area contributed by atoms with Gasteiger partial charge in [-0.05, 0) is 24.3 Å². The van der Waals surface area contributed by atoms with Gasteiger partial charge in [0.25, 0.3) is 0 Å². The summed E-state index contributed by atoms with van der Waals surface area (Å²) >= 11 is 1.27. The second kappa shape index (κ2) is 8.73. The molecule has 0 aliphatic heterocycles. The van der Waals surface area contributed by atoms with Crippen molar-refractivity contribution in [3.05, 3.63) is 83.2 Å². The number of carboxylic acids is 1. The molecule has 5 nitrogen and oxygen atoms in total. The van der Waals surface area contributed by atoms with Crippen molar-refractivity contribution in [3.63, 3.8) is 0 Å². The zero-order chi connectivity index (χ0) is 22.0. The number of carbonyl (C=O) groups is 1. The van der Waals surface area contributed by atoms with Crippen molar-refractivity contribution >= 4 is 23.0 Å². The Morgan fingerprint density at radius 1 is 1.00 bits per heavy atom. The number of nitrogens with zero attached hydrogens (tertiary/aromatic N) is 1. The van der Waals surface area contributed by atoms with Gasteiger partial charge in [-0.15, -0.1) is 11.3 Å². The first-order valence-corrected chi connectivity index (χ1v) is 10.1. The Balaban J connectivity index is 1.76. The number of hydrogen-bond donors (Lipinski definition) is 2. The number of rotatable bonds is 6. The Kier molecular flexibility index (Phi) is 5.85. The van der Waals surface area contributed by atoms with Crippen LogP contribution in [0.15, 0.2) is 66.0 Å². The van der Waals surface area contributed by atoms with Gasteiger partial charge in [0.1, 0.15) is 16.6 Å². The molecule has 0 saturated carbocycles. The van der Waals surface area contributed by atoms with Crippen molar-refractivity contribution in [1.82, 2.24) is 4.98 Å². The number of hydrogen-bond acceptors (Lipinski definition) is 4. The quantitative estimate of drug-likeness (QED) is 0.332. The van der Waals surface area contributed by atoms with Crippen LogP contribution in [0.25, 0.3) is 33.0 Å². The molecule has 31 heavy (non-hydrogen) atoms. The minimum atomic E-state index is -1.08. The molecule has 0 saturated heterocycles. The van der Waals surface area contributed by atoms with E-state index in [1.807, 2.05) is 24.3 Å². The van der Waals surface area contributed by atoms with Crippen LogP contribution in [0.1, 0.15) is 10.4 Å². The number of thiazole rings is 1. The first-order valence-electron chi connectivity index (χ1n) is 9.21. The third-order valence-corrected chi connectivity index (χ3v) is 5.55. The fraction of sp³-hybridized carbons (Fsp3) is 0.0435. The summed E-state index contributed by atoms with van der Waals surface area (Å²) in [4.78, 5) is 21.6. The van der Waals surface area contributed by atoms with Crippen LogP contribution in [0.3, 0.4) is 0 Å². The number of aromatic nitrogens is 1. The molecule has 1 heterocycles. The van der Waals surface area contributed by atoms with Crippen LogP contribution in [0.2, 0.25) is 0 Å². The van der Waals surface area contributed by atoms with Crippen molar-refractivity contribution < 1.29 is 29.0 Å². The maximum atomic E-state index is 13.5. The molecule has 0 bridgehead atoms. The summed E-state index contributed by atoms with van der Waals surface area (Å²) < 4.78 is 27.1. The first kappa shape index (κ1) is 20.8. The second-order valence-corrected chi connectivity index (χ2v) is 7.56. The Bertz CT molecular complexity index is 1250. The monoisotopic (exact) mass is 439 g/mol. The van der Waals surface area contributed by atoms with Crippen LogP contribution in [-0.2, 0) is 4.84 Å². The Morgan fingerprint density at radius 3 is 2.45 bits per heavy atom. The highest BCUT2D eigenvalue weighted by Crippen LogP contribution is 2.34. The van der Waals surface area contributed by atoms with E-state index in [4.69, 9.17) is 4.84 Å². The molecule has 0 amide bonds. The normalized spacial score (nSPS) is 10.9. The summed E-state index contributed by atoms with van der Waals surface area (Å²) in [5.74, 6) is -2.45. The average Bonchev–Trinajstić information content (AvgIpc) is 3.24. The minimum absolute atomic E-state index is 0.114. The molecule has 156 valence electrons. The average molecular weight is 439 g/mol. The number of halogens is 2. The minimum Gasteiger partial charge on any atom is -0.478 e. The first-order chi connectivity index (χ1) is 15.0. The van der Waals surface area contributed by atoms with Crippen molar-refractivity contribution in [2.75, 3.05) is 7.11 Å². The molecule has 4 aromatic rings. The molecular weight excluding hydrogens is 422 g/mol. The van der Waals surface area contributed by atoms with Crippen molar-refractivity contribution in [1.29, 1.82) is 0 Å². The fourth-order valence-corrected chi connectivity index (χ4v) is 4.13. The highest BCUT2D eigenvalue weighted by molar-refractivity contribution is 7.13. The Labute approximate surface area is 180 Å². The molecule has 8 heteroatoms. The zero-order valence-corrected chi connectivity index (χ0v) is 17.1. The maximum absolute atomic E-state index is 13.5. The summed E-state index contributed by atoms with van der Waals surface area (Å²) in [6.07, 6.45) is 0. The number of quaternary nitrogens is 1. The van der Waals surface area contributed by atoms with Crippen LogP contribution in [0, 0.1) is 11.6 Å². The van der Waals surface area contributed by atoms with Gasteiger partial charge in [0, 0.05) is 39.8 Å². The molecule has 3 N–H and O–H groups in total. The number of nitrogens with two attached hydrogens (primary N) is 1. The SMILES string of the molecule is CO[NH2+]c1ccccc1-c1ccc(-c2nc(-c3cc(F)cc(F)c3)cs2)cc1C(=O)O. The molecule has 3 aromatic carbocycles. The summed E-state index contributed by atoms with van der Waals surface area (Å²) in [5, 5.41) is 12.0. The van der Waals surface area contributed by atoms with Gasteiger partial charge >= 0.3 is 5.97 Å². The predicted octanol–water partition coefficient (Wildman–Crippen LogP) is 4.88. The van der Waals surface area contributed by atoms with E-state index in [0.717, 1.165) is 17.3 Å². The molecule has 0 aliphatic rings. The third-order valence-electron chi connectivity index (χ3n) is 4.66. The molecule has 0 radical (unpaired) electrons. The summed E-state index contributed by atoms with van der Waals surface area (Å²) in [7, 11) is 1.53.